The van der Waals surface area contributed by atoms with Crippen molar-refractivity contribution < 1.29 is 14.6 Å². The summed E-state index contributed by atoms with van der Waals surface area (Å²) in [7, 11) is 3.38. The number of hydrogen-bond acceptors (Lipinski definition) is 4. The standard InChI is InChI=1S/C15H24ClNO3/c1-19-11-9-17(10-12-20-2)8-7-15(18)13-3-5-14(16)6-4-13/h3-6,15,18H,7-12H2,1-2H3. The molecule has 0 aromatic heterocycles. The molecule has 1 rings (SSSR count). The Balaban J connectivity index is 2.41. The van der Waals surface area contributed by atoms with Gasteiger partial charge in [0, 0.05) is 38.9 Å². The van der Waals surface area contributed by atoms with Gasteiger partial charge in [-0.1, -0.05) is 23.7 Å². The van der Waals surface area contributed by atoms with Gasteiger partial charge < -0.3 is 14.6 Å². The number of ether oxygens (including phenoxy) is 2. The zero-order valence-electron chi connectivity index (χ0n) is 12.2. The van der Waals surface area contributed by atoms with Crippen molar-refractivity contribution in [3.8, 4) is 0 Å². The highest BCUT2D eigenvalue weighted by Gasteiger charge is 2.11. The Morgan fingerprint density at radius 3 is 2.10 bits per heavy atom. The SMILES string of the molecule is COCCN(CCOC)CCC(O)c1ccc(Cl)cc1. The summed E-state index contributed by atoms with van der Waals surface area (Å²) in [6, 6.07) is 7.32. The summed E-state index contributed by atoms with van der Waals surface area (Å²) >= 11 is 5.84. The number of nitrogens with zero attached hydrogens (tertiary/aromatic N) is 1. The number of halogens is 1. The Labute approximate surface area is 126 Å². The Morgan fingerprint density at radius 2 is 1.60 bits per heavy atom. The van der Waals surface area contributed by atoms with E-state index in [1.807, 2.05) is 12.1 Å². The molecule has 5 heteroatoms. The van der Waals surface area contributed by atoms with Gasteiger partial charge >= 0.3 is 0 Å². The highest BCUT2D eigenvalue weighted by atomic mass is 35.5. The fourth-order valence-electron chi connectivity index (χ4n) is 1.93. The minimum Gasteiger partial charge on any atom is -0.388 e. The van der Waals surface area contributed by atoms with E-state index in [1.165, 1.54) is 0 Å². The third kappa shape index (κ3) is 6.68. The molecule has 0 aliphatic heterocycles. The number of methoxy groups -OCH3 is 2. The van der Waals surface area contributed by atoms with Crippen LogP contribution in [0, 0.1) is 0 Å². The first-order valence-corrected chi connectivity index (χ1v) is 7.19. The summed E-state index contributed by atoms with van der Waals surface area (Å²) in [5.41, 5.74) is 0.896. The van der Waals surface area contributed by atoms with Crippen LogP contribution in [-0.4, -0.2) is 57.1 Å². The van der Waals surface area contributed by atoms with E-state index in [4.69, 9.17) is 21.1 Å². The number of aliphatic hydroxyl groups is 1. The molecule has 0 amide bonds. The molecule has 0 fully saturated rings. The molecule has 4 nitrogen and oxygen atoms in total. The first-order chi connectivity index (χ1) is 9.67. The van der Waals surface area contributed by atoms with Gasteiger partial charge in [-0.2, -0.15) is 0 Å². The summed E-state index contributed by atoms with van der Waals surface area (Å²) < 4.78 is 10.2. The highest BCUT2D eigenvalue weighted by Crippen LogP contribution is 2.19. The van der Waals surface area contributed by atoms with Crippen LogP contribution < -0.4 is 0 Å². The molecule has 1 unspecified atom stereocenters. The Morgan fingerprint density at radius 1 is 1.05 bits per heavy atom. The minimum atomic E-state index is -0.472. The average Bonchev–Trinajstić information content (AvgIpc) is 2.47. The van der Waals surface area contributed by atoms with Crippen molar-refractivity contribution in [1.82, 2.24) is 4.90 Å². The van der Waals surface area contributed by atoms with Crippen LogP contribution in [-0.2, 0) is 9.47 Å². The summed E-state index contributed by atoms with van der Waals surface area (Å²) in [5, 5.41) is 10.9. The highest BCUT2D eigenvalue weighted by molar-refractivity contribution is 6.30. The van der Waals surface area contributed by atoms with Crippen LogP contribution in [0.5, 0.6) is 0 Å². The zero-order chi connectivity index (χ0) is 14.8. The van der Waals surface area contributed by atoms with Gasteiger partial charge in [-0.3, -0.25) is 4.90 Å². The molecule has 0 saturated carbocycles. The lowest BCUT2D eigenvalue weighted by molar-refractivity contribution is 0.0945. The van der Waals surface area contributed by atoms with Crippen LogP contribution in [0.2, 0.25) is 5.02 Å². The van der Waals surface area contributed by atoms with E-state index in [1.54, 1.807) is 26.4 Å². The van der Waals surface area contributed by atoms with Gasteiger partial charge in [-0.05, 0) is 24.1 Å². The van der Waals surface area contributed by atoms with Crippen molar-refractivity contribution in [2.45, 2.75) is 12.5 Å². The van der Waals surface area contributed by atoms with Gasteiger partial charge in [0.1, 0.15) is 0 Å². The third-order valence-electron chi connectivity index (χ3n) is 3.20. The van der Waals surface area contributed by atoms with Gasteiger partial charge in [0.25, 0.3) is 0 Å². The van der Waals surface area contributed by atoms with E-state index >= 15 is 0 Å². The maximum Gasteiger partial charge on any atom is 0.0802 e. The molecule has 0 radical (unpaired) electrons. The molecule has 0 saturated heterocycles. The van der Waals surface area contributed by atoms with Crippen molar-refractivity contribution in [3.05, 3.63) is 34.9 Å². The Kier molecular flexibility index (Phi) is 8.82. The van der Waals surface area contributed by atoms with E-state index in [-0.39, 0.29) is 0 Å². The fourth-order valence-corrected chi connectivity index (χ4v) is 2.06. The van der Waals surface area contributed by atoms with Crippen LogP contribution in [0.3, 0.4) is 0 Å². The lowest BCUT2D eigenvalue weighted by Crippen LogP contribution is -2.32. The van der Waals surface area contributed by atoms with E-state index in [9.17, 15) is 5.11 Å². The lowest BCUT2D eigenvalue weighted by atomic mass is 10.1. The first-order valence-electron chi connectivity index (χ1n) is 6.81. The molecule has 0 aliphatic rings. The smallest absolute Gasteiger partial charge is 0.0802 e. The quantitative estimate of drug-likeness (QED) is 0.720. The van der Waals surface area contributed by atoms with Gasteiger partial charge in [0.05, 0.1) is 19.3 Å². The van der Waals surface area contributed by atoms with Gasteiger partial charge in [-0.25, -0.2) is 0 Å². The van der Waals surface area contributed by atoms with Gasteiger partial charge in [0.2, 0.25) is 0 Å². The summed E-state index contributed by atoms with van der Waals surface area (Å²) in [4.78, 5) is 2.23. The maximum atomic E-state index is 10.2. The maximum absolute atomic E-state index is 10.2. The Bertz CT molecular complexity index is 351. The molecular formula is C15H24ClNO3. The monoisotopic (exact) mass is 301 g/mol. The minimum absolute atomic E-state index is 0.472. The molecule has 1 atom stereocenters. The molecule has 0 heterocycles. The number of rotatable bonds is 10. The first kappa shape index (κ1) is 17.4. The normalized spacial score (nSPS) is 12.8. The van der Waals surface area contributed by atoms with Crippen molar-refractivity contribution in [2.24, 2.45) is 0 Å². The van der Waals surface area contributed by atoms with Crippen molar-refractivity contribution in [3.63, 3.8) is 0 Å². The molecular weight excluding hydrogens is 278 g/mol. The molecule has 114 valence electrons. The summed E-state index contributed by atoms with van der Waals surface area (Å²) in [6.45, 7) is 3.85. The van der Waals surface area contributed by atoms with Gasteiger partial charge in [0.15, 0.2) is 0 Å². The Hall–Kier alpha value is -0.650. The summed E-state index contributed by atoms with van der Waals surface area (Å²) in [6.07, 6.45) is 0.203. The van der Waals surface area contributed by atoms with E-state index in [0.717, 1.165) is 25.2 Å². The fraction of sp³-hybridized carbons (Fsp3) is 0.600. The van der Waals surface area contributed by atoms with E-state index in [0.29, 0.717) is 24.7 Å². The van der Waals surface area contributed by atoms with Crippen molar-refractivity contribution in [1.29, 1.82) is 0 Å². The molecule has 1 aromatic rings. The zero-order valence-corrected chi connectivity index (χ0v) is 13.0. The van der Waals surface area contributed by atoms with Crippen molar-refractivity contribution in [2.75, 3.05) is 47.1 Å². The van der Waals surface area contributed by atoms with Gasteiger partial charge in [-0.15, -0.1) is 0 Å². The third-order valence-corrected chi connectivity index (χ3v) is 3.45. The predicted octanol–water partition coefficient (Wildman–Crippen LogP) is 2.36. The molecule has 20 heavy (non-hydrogen) atoms. The van der Waals surface area contributed by atoms with Crippen LogP contribution in [0.1, 0.15) is 18.1 Å². The lowest BCUT2D eigenvalue weighted by Gasteiger charge is -2.23. The van der Waals surface area contributed by atoms with E-state index < -0.39 is 6.10 Å². The second kappa shape index (κ2) is 10.1. The molecule has 1 aromatic carbocycles. The van der Waals surface area contributed by atoms with Crippen LogP contribution >= 0.6 is 11.6 Å². The summed E-state index contributed by atoms with van der Waals surface area (Å²) in [5.74, 6) is 0. The topological polar surface area (TPSA) is 41.9 Å². The van der Waals surface area contributed by atoms with Crippen LogP contribution in [0.4, 0.5) is 0 Å². The number of benzene rings is 1. The van der Waals surface area contributed by atoms with Crippen molar-refractivity contribution >= 4 is 11.6 Å². The van der Waals surface area contributed by atoms with E-state index in [2.05, 4.69) is 4.90 Å². The average molecular weight is 302 g/mol. The van der Waals surface area contributed by atoms with Crippen LogP contribution in [0.15, 0.2) is 24.3 Å². The number of aliphatic hydroxyl groups excluding tert-OH is 1. The molecule has 1 N–H and O–H groups in total. The molecule has 0 bridgehead atoms. The second-order valence-electron chi connectivity index (χ2n) is 4.68. The molecule has 0 aliphatic carbocycles. The number of hydrogen-bond donors (Lipinski definition) is 1. The van der Waals surface area contributed by atoms with Crippen LogP contribution in [0.25, 0.3) is 0 Å². The largest absolute Gasteiger partial charge is 0.388 e. The molecule has 0 spiro atoms. The second-order valence-corrected chi connectivity index (χ2v) is 5.12. The predicted molar refractivity (Wildman–Crippen MR) is 81.2 cm³/mol.